The van der Waals surface area contributed by atoms with E-state index in [0.29, 0.717) is 5.76 Å². The topological polar surface area (TPSA) is 110 Å². The van der Waals surface area contributed by atoms with Crippen molar-refractivity contribution in [2.24, 2.45) is 5.10 Å². The second kappa shape index (κ2) is 7.43. The quantitative estimate of drug-likeness (QED) is 0.411. The SMILES string of the molecule is Cc1nc(NN=Cc2ccco2)nc(N(C)c2ccccc2)c1[N+](=O)[O-]. The van der Waals surface area contributed by atoms with Gasteiger partial charge in [0.25, 0.3) is 0 Å². The summed E-state index contributed by atoms with van der Waals surface area (Å²) in [5.74, 6) is 0.871. The van der Waals surface area contributed by atoms with E-state index in [-0.39, 0.29) is 23.1 Å². The van der Waals surface area contributed by atoms with Gasteiger partial charge in [-0.3, -0.25) is 10.1 Å². The molecule has 3 aromatic rings. The third-order valence-corrected chi connectivity index (χ3v) is 3.58. The molecule has 2 heterocycles. The van der Waals surface area contributed by atoms with Crippen molar-refractivity contribution in [1.82, 2.24) is 9.97 Å². The lowest BCUT2D eigenvalue weighted by molar-refractivity contribution is -0.385. The Bertz CT molecular complexity index is 925. The maximum Gasteiger partial charge on any atom is 0.333 e. The number of nitro groups is 1. The molecular formula is C17H16N6O3. The number of para-hydroxylation sites is 1. The van der Waals surface area contributed by atoms with Crippen LogP contribution in [0.3, 0.4) is 0 Å². The Labute approximate surface area is 149 Å². The van der Waals surface area contributed by atoms with Gasteiger partial charge in [0.2, 0.25) is 11.8 Å². The minimum absolute atomic E-state index is 0.147. The van der Waals surface area contributed by atoms with Gasteiger partial charge < -0.3 is 9.32 Å². The maximum absolute atomic E-state index is 11.5. The van der Waals surface area contributed by atoms with Crippen molar-refractivity contribution in [3.05, 3.63) is 70.3 Å². The fraction of sp³-hybridized carbons (Fsp3) is 0.118. The lowest BCUT2D eigenvalue weighted by Gasteiger charge is -2.19. The van der Waals surface area contributed by atoms with Crippen LogP contribution in [0.2, 0.25) is 0 Å². The summed E-state index contributed by atoms with van der Waals surface area (Å²) in [6.45, 7) is 1.56. The number of nitrogens with one attached hydrogen (secondary N) is 1. The van der Waals surface area contributed by atoms with Gasteiger partial charge in [-0.25, -0.2) is 10.4 Å². The molecule has 2 aromatic heterocycles. The summed E-state index contributed by atoms with van der Waals surface area (Å²) in [4.78, 5) is 21.0. The van der Waals surface area contributed by atoms with Crippen LogP contribution in [-0.4, -0.2) is 28.2 Å². The Hall–Kier alpha value is -3.75. The zero-order valence-corrected chi connectivity index (χ0v) is 14.2. The number of benzene rings is 1. The van der Waals surface area contributed by atoms with E-state index in [2.05, 4.69) is 20.5 Å². The van der Waals surface area contributed by atoms with E-state index < -0.39 is 4.92 Å². The third kappa shape index (κ3) is 3.66. The number of hydrogen-bond donors (Lipinski definition) is 1. The summed E-state index contributed by atoms with van der Waals surface area (Å²) in [6.07, 6.45) is 2.99. The highest BCUT2D eigenvalue weighted by atomic mass is 16.6. The van der Waals surface area contributed by atoms with Crippen molar-refractivity contribution in [1.29, 1.82) is 0 Å². The van der Waals surface area contributed by atoms with Gasteiger partial charge >= 0.3 is 5.69 Å². The summed E-state index contributed by atoms with van der Waals surface area (Å²) >= 11 is 0. The van der Waals surface area contributed by atoms with E-state index in [9.17, 15) is 10.1 Å². The van der Waals surface area contributed by atoms with Crippen LogP contribution < -0.4 is 10.3 Å². The average molecular weight is 352 g/mol. The Morgan fingerprint density at radius 1 is 1.23 bits per heavy atom. The molecule has 0 saturated carbocycles. The van der Waals surface area contributed by atoms with Gasteiger partial charge in [-0.1, -0.05) is 18.2 Å². The minimum Gasteiger partial charge on any atom is -0.463 e. The maximum atomic E-state index is 11.5. The van der Waals surface area contributed by atoms with Crippen LogP contribution in [0, 0.1) is 17.0 Å². The summed E-state index contributed by atoms with van der Waals surface area (Å²) < 4.78 is 5.14. The fourth-order valence-electron chi connectivity index (χ4n) is 2.34. The Morgan fingerprint density at radius 3 is 2.65 bits per heavy atom. The van der Waals surface area contributed by atoms with Gasteiger partial charge in [0.05, 0.1) is 17.4 Å². The summed E-state index contributed by atoms with van der Waals surface area (Å²) in [6, 6.07) is 12.7. The summed E-state index contributed by atoms with van der Waals surface area (Å²) in [5, 5.41) is 15.5. The molecule has 0 bridgehead atoms. The van der Waals surface area contributed by atoms with Crippen LogP contribution in [0.25, 0.3) is 0 Å². The number of rotatable bonds is 6. The Morgan fingerprint density at radius 2 is 2.00 bits per heavy atom. The first-order valence-electron chi connectivity index (χ1n) is 7.70. The molecule has 0 radical (unpaired) electrons. The standard InChI is InChI=1S/C17H16N6O3/c1-12-15(23(24)25)16(22(2)13-7-4-3-5-8-13)20-17(19-12)21-18-11-14-9-6-10-26-14/h3-11H,1-2H3,(H,19,20,21). The van der Waals surface area contributed by atoms with Crippen molar-refractivity contribution >= 4 is 29.4 Å². The van der Waals surface area contributed by atoms with Crippen molar-refractivity contribution in [3.8, 4) is 0 Å². The first kappa shape index (κ1) is 17.1. The van der Waals surface area contributed by atoms with Crippen molar-refractivity contribution in [3.63, 3.8) is 0 Å². The van der Waals surface area contributed by atoms with Gasteiger partial charge in [-0.2, -0.15) is 10.1 Å². The molecule has 1 N–H and O–H groups in total. The number of nitrogens with zero attached hydrogens (tertiary/aromatic N) is 5. The van der Waals surface area contributed by atoms with E-state index in [1.165, 1.54) is 12.5 Å². The van der Waals surface area contributed by atoms with Crippen LogP contribution in [0.5, 0.6) is 0 Å². The highest BCUT2D eigenvalue weighted by Gasteiger charge is 2.25. The number of hydrogen-bond acceptors (Lipinski definition) is 8. The predicted molar refractivity (Wildman–Crippen MR) is 97.9 cm³/mol. The molecule has 26 heavy (non-hydrogen) atoms. The summed E-state index contributed by atoms with van der Waals surface area (Å²) in [5.41, 5.74) is 3.52. The smallest absolute Gasteiger partial charge is 0.333 e. The number of anilines is 3. The lowest BCUT2D eigenvalue weighted by Crippen LogP contribution is -2.16. The number of hydrazone groups is 1. The molecule has 0 atom stereocenters. The highest BCUT2D eigenvalue weighted by molar-refractivity contribution is 5.76. The van der Waals surface area contributed by atoms with E-state index >= 15 is 0 Å². The zero-order valence-electron chi connectivity index (χ0n) is 14.2. The molecule has 0 aliphatic rings. The second-order valence-electron chi connectivity index (χ2n) is 5.34. The van der Waals surface area contributed by atoms with E-state index in [4.69, 9.17) is 4.42 Å². The molecule has 0 saturated heterocycles. The van der Waals surface area contributed by atoms with Crippen molar-refractivity contribution < 1.29 is 9.34 Å². The minimum atomic E-state index is -0.486. The van der Waals surface area contributed by atoms with Crippen LogP contribution in [-0.2, 0) is 0 Å². The molecule has 0 fully saturated rings. The van der Waals surface area contributed by atoms with Gasteiger partial charge in [0.1, 0.15) is 11.5 Å². The number of aromatic nitrogens is 2. The van der Waals surface area contributed by atoms with Crippen molar-refractivity contribution in [2.45, 2.75) is 6.92 Å². The molecule has 0 aliphatic carbocycles. The van der Waals surface area contributed by atoms with Crippen LogP contribution in [0.15, 0.2) is 58.2 Å². The normalized spacial score (nSPS) is 10.8. The highest BCUT2D eigenvalue weighted by Crippen LogP contribution is 2.33. The molecule has 0 amide bonds. The molecule has 132 valence electrons. The first-order valence-corrected chi connectivity index (χ1v) is 7.70. The molecular weight excluding hydrogens is 336 g/mol. The average Bonchev–Trinajstić information content (AvgIpc) is 3.14. The van der Waals surface area contributed by atoms with Crippen LogP contribution in [0.1, 0.15) is 11.5 Å². The van der Waals surface area contributed by atoms with Gasteiger partial charge in [-0.15, -0.1) is 0 Å². The molecule has 9 heteroatoms. The van der Waals surface area contributed by atoms with Crippen LogP contribution in [0.4, 0.5) is 23.1 Å². The van der Waals surface area contributed by atoms with Gasteiger partial charge in [-0.05, 0) is 31.2 Å². The molecule has 0 aliphatic heterocycles. The van der Waals surface area contributed by atoms with Gasteiger partial charge in [0.15, 0.2) is 0 Å². The molecule has 0 unspecified atom stereocenters. The van der Waals surface area contributed by atoms with E-state index in [1.807, 2.05) is 30.3 Å². The van der Waals surface area contributed by atoms with E-state index in [0.717, 1.165) is 5.69 Å². The van der Waals surface area contributed by atoms with Crippen LogP contribution >= 0.6 is 0 Å². The summed E-state index contributed by atoms with van der Waals surface area (Å²) in [7, 11) is 1.71. The first-order chi connectivity index (χ1) is 12.6. The molecule has 0 spiro atoms. The van der Waals surface area contributed by atoms with Crippen molar-refractivity contribution in [2.75, 3.05) is 17.4 Å². The van der Waals surface area contributed by atoms with E-state index in [1.54, 1.807) is 31.0 Å². The molecule has 1 aromatic carbocycles. The monoisotopic (exact) mass is 352 g/mol. The lowest BCUT2D eigenvalue weighted by atomic mass is 10.2. The second-order valence-corrected chi connectivity index (χ2v) is 5.34. The molecule has 3 rings (SSSR count). The largest absolute Gasteiger partial charge is 0.463 e. The third-order valence-electron chi connectivity index (χ3n) is 3.58. The van der Waals surface area contributed by atoms with Gasteiger partial charge in [0, 0.05) is 12.7 Å². The Kier molecular flexibility index (Phi) is 4.88. The number of furan rings is 1. The fourth-order valence-corrected chi connectivity index (χ4v) is 2.34. The zero-order chi connectivity index (χ0) is 18.5. The Balaban J connectivity index is 1.95. The number of aryl methyl sites for hydroxylation is 1. The predicted octanol–water partition coefficient (Wildman–Crippen LogP) is 3.50. The molecule has 9 nitrogen and oxygen atoms in total.